The molecule has 1 N–H and O–H groups in total. The molecule has 0 aliphatic heterocycles. The van der Waals surface area contributed by atoms with Gasteiger partial charge in [-0.3, -0.25) is 0 Å². The van der Waals surface area contributed by atoms with E-state index in [-0.39, 0.29) is 11.3 Å². The van der Waals surface area contributed by atoms with E-state index in [1.807, 2.05) is 77.9 Å². The summed E-state index contributed by atoms with van der Waals surface area (Å²) in [5.41, 5.74) is 5.37. The molecule has 0 radical (unpaired) electrons. The van der Waals surface area contributed by atoms with Crippen molar-refractivity contribution in [2.45, 2.75) is 47.0 Å². The van der Waals surface area contributed by atoms with Crippen molar-refractivity contribution in [2.75, 3.05) is 0 Å². The van der Waals surface area contributed by atoms with Crippen LogP contribution >= 0.6 is 15.9 Å². The van der Waals surface area contributed by atoms with Gasteiger partial charge in [0.1, 0.15) is 0 Å². The fourth-order valence-corrected chi connectivity index (χ4v) is 4.89. The summed E-state index contributed by atoms with van der Waals surface area (Å²) < 4.78 is 1.01. The number of aromatic nitrogens is 1. The first-order valence-corrected chi connectivity index (χ1v) is 11.6. The van der Waals surface area contributed by atoms with Crippen LogP contribution in [0.15, 0.2) is 50.8 Å². The molecular weight excluding hydrogens is 511 g/mol. The molecule has 0 fully saturated rings. The summed E-state index contributed by atoms with van der Waals surface area (Å²) in [4.78, 5) is 33.8. The van der Waals surface area contributed by atoms with Crippen LogP contribution in [0.2, 0.25) is 0 Å². The number of hydrogen-bond acceptors (Lipinski definition) is 3. The van der Waals surface area contributed by atoms with Crippen LogP contribution in [0.25, 0.3) is 11.1 Å². The van der Waals surface area contributed by atoms with Gasteiger partial charge in [0.15, 0.2) is 0 Å². The molecule has 6 heteroatoms. The number of pyridine rings is 1. The Hall–Kier alpha value is -2.28. The fourth-order valence-electron chi connectivity index (χ4n) is 4.00. The van der Waals surface area contributed by atoms with E-state index in [1.54, 1.807) is 0 Å². The van der Waals surface area contributed by atoms with Crippen molar-refractivity contribution >= 4 is 38.1 Å². The molecular formula is C26H26BrCoN2O2. The van der Waals surface area contributed by atoms with Gasteiger partial charge < -0.3 is 0 Å². The first kappa shape index (κ1) is 24.4. The molecule has 4 nitrogen and oxygen atoms in total. The molecule has 0 saturated heterocycles. The second kappa shape index (κ2) is 9.30. The van der Waals surface area contributed by atoms with Gasteiger partial charge in [0.25, 0.3) is 0 Å². The third kappa shape index (κ3) is 4.87. The van der Waals surface area contributed by atoms with Gasteiger partial charge in [0.05, 0.1) is 0 Å². The number of halogens is 1. The summed E-state index contributed by atoms with van der Waals surface area (Å²) in [6.45, 7) is 11.9. The van der Waals surface area contributed by atoms with Crippen molar-refractivity contribution in [3.05, 3.63) is 79.2 Å². The van der Waals surface area contributed by atoms with E-state index in [0.29, 0.717) is 25.8 Å². The van der Waals surface area contributed by atoms with Crippen LogP contribution < -0.4 is 10.1 Å². The Morgan fingerprint density at radius 2 is 1.69 bits per heavy atom. The number of carbonyl (C=O) groups is 1. The summed E-state index contributed by atoms with van der Waals surface area (Å²) in [5.74, 6) is -0.302. The van der Waals surface area contributed by atoms with E-state index in [0.717, 1.165) is 27.9 Å². The quantitative estimate of drug-likeness (QED) is 0.261. The van der Waals surface area contributed by atoms with Gasteiger partial charge in [-0.2, -0.15) is 0 Å². The Morgan fingerprint density at radius 1 is 1.09 bits per heavy atom. The molecule has 3 rings (SSSR count). The summed E-state index contributed by atoms with van der Waals surface area (Å²) in [5, 5.41) is 0. The first-order valence-electron chi connectivity index (χ1n) is 10.3. The molecule has 1 aromatic heterocycles. The van der Waals surface area contributed by atoms with E-state index < -0.39 is 5.41 Å². The minimum absolute atomic E-state index is 0.242. The van der Waals surface area contributed by atoms with Crippen LogP contribution in [0.3, 0.4) is 0 Å². The molecule has 168 valence electrons. The average molecular weight is 537 g/mol. The molecule has 0 saturated carbocycles. The molecule has 3 aromatic rings. The molecule has 1 heterocycles. The fraction of sp³-hybridized carbons (Fsp3) is 0.269. The molecule has 0 unspecified atom stereocenters. The Balaban J connectivity index is 2.28. The van der Waals surface area contributed by atoms with Crippen LogP contribution in [0, 0.1) is 20.8 Å². The maximum absolute atomic E-state index is 13.5. The molecule has 0 bridgehead atoms. The van der Waals surface area contributed by atoms with Crippen LogP contribution in [-0.2, 0) is 21.2 Å². The average Bonchev–Trinajstić information content (AvgIpc) is 2.65. The number of aromatic amines is 1. The summed E-state index contributed by atoms with van der Waals surface area (Å²) in [6, 6.07) is 11.5. The second-order valence-electron chi connectivity index (χ2n) is 8.97. The van der Waals surface area contributed by atoms with Crippen molar-refractivity contribution in [3.63, 3.8) is 0 Å². The van der Waals surface area contributed by atoms with E-state index in [9.17, 15) is 9.59 Å². The molecule has 32 heavy (non-hydrogen) atoms. The maximum atomic E-state index is 13.5. The van der Waals surface area contributed by atoms with Gasteiger partial charge in [-0.1, -0.05) is 0 Å². The Labute approximate surface area is 205 Å². The SMILES string of the molecule is Cc1cc(C)c(N=CC(=O)c2c(Br)[nH]c(=O)c(C(C)(C)C)c2-c2cccc[c]2[Co])c(C)c1. The number of aryl methyl sites for hydroxylation is 3. The Bertz CT molecular complexity index is 1280. The number of nitrogens with zero attached hydrogens (tertiary/aromatic N) is 1. The van der Waals surface area contributed by atoms with Gasteiger partial charge in [-0.25, -0.2) is 0 Å². The number of rotatable bonds is 4. The number of Topliss-reactive ketones (excluding diaryl/α,β-unsaturated/α-hetero) is 1. The zero-order valence-corrected chi connectivity index (χ0v) is 21.6. The number of carbonyl (C=O) groups excluding carboxylic acids is 1. The van der Waals surface area contributed by atoms with Crippen molar-refractivity contribution < 1.29 is 20.5 Å². The van der Waals surface area contributed by atoms with E-state index in [2.05, 4.69) is 41.6 Å². The summed E-state index contributed by atoms with van der Waals surface area (Å²) >= 11 is 8.09. The van der Waals surface area contributed by atoms with E-state index in [4.69, 9.17) is 0 Å². The van der Waals surface area contributed by atoms with Gasteiger partial charge in [0.2, 0.25) is 0 Å². The molecule has 2 aromatic carbocycles. The number of hydrogen-bond donors (Lipinski definition) is 1. The van der Waals surface area contributed by atoms with Gasteiger partial charge in [-0.15, -0.1) is 0 Å². The van der Waals surface area contributed by atoms with Crippen molar-refractivity contribution in [2.24, 2.45) is 4.99 Å². The topological polar surface area (TPSA) is 62.3 Å². The van der Waals surface area contributed by atoms with E-state index in [1.165, 1.54) is 6.21 Å². The van der Waals surface area contributed by atoms with Crippen molar-refractivity contribution in [1.82, 2.24) is 4.98 Å². The van der Waals surface area contributed by atoms with Gasteiger partial charge in [0, 0.05) is 0 Å². The predicted octanol–water partition coefficient (Wildman–Crippen LogP) is 5.78. The molecule has 0 spiro atoms. The molecule has 0 atom stereocenters. The number of aliphatic imine (C=N–C) groups is 1. The van der Waals surface area contributed by atoms with Crippen molar-refractivity contribution in [3.8, 4) is 11.1 Å². The normalized spacial score (nSPS) is 11.9. The molecule has 0 aliphatic rings. The summed E-state index contributed by atoms with van der Waals surface area (Å²) in [7, 11) is 0. The Kier molecular flexibility index (Phi) is 7.08. The molecule has 0 aliphatic carbocycles. The van der Waals surface area contributed by atoms with Gasteiger partial charge in [-0.05, 0) is 0 Å². The molecule has 0 amide bonds. The number of benzene rings is 2. The van der Waals surface area contributed by atoms with Gasteiger partial charge >= 0.3 is 206 Å². The summed E-state index contributed by atoms with van der Waals surface area (Å²) in [6.07, 6.45) is 1.33. The Morgan fingerprint density at radius 3 is 2.25 bits per heavy atom. The number of ketones is 1. The van der Waals surface area contributed by atoms with Crippen LogP contribution in [0.1, 0.15) is 53.4 Å². The van der Waals surface area contributed by atoms with Crippen LogP contribution in [0.4, 0.5) is 5.69 Å². The zero-order chi connectivity index (χ0) is 23.8. The standard InChI is InChI=1S/C26H26BrN2O2.Co/c1-15-12-16(2)23(17(3)13-15)28-14-19(30)21-20(18-10-8-7-9-11-18)22(26(4,5)6)25(31)29-24(21)27;/h7-10,12-14H,1-6H3,(H,29,31);. The number of nitrogens with one attached hydrogen (secondary N) is 1. The predicted molar refractivity (Wildman–Crippen MR) is 132 cm³/mol. The number of H-pyrrole nitrogens is 1. The minimum atomic E-state index is -0.505. The monoisotopic (exact) mass is 536 g/mol. The zero-order valence-electron chi connectivity index (χ0n) is 19.0. The van der Waals surface area contributed by atoms with Crippen LogP contribution in [-0.4, -0.2) is 17.0 Å². The van der Waals surface area contributed by atoms with Crippen molar-refractivity contribution in [1.29, 1.82) is 0 Å². The third-order valence-corrected chi connectivity index (χ3v) is 6.28. The van der Waals surface area contributed by atoms with E-state index >= 15 is 0 Å². The first-order chi connectivity index (χ1) is 14.9. The second-order valence-corrected chi connectivity index (χ2v) is 10.3. The van der Waals surface area contributed by atoms with Crippen LogP contribution in [0.5, 0.6) is 0 Å². The third-order valence-electron chi connectivity index (χ3n) is 5.24.